The minimum absolute atomic E-state index is 0.144. The van der Waals surface area contributed by atoms with Crippen LogP contribution in [0.3, 0.4) is 0 Å². The number of carbonyl (C=O) groups is 1. The molecule has 0 bridgehead atoms. The van der Waals surface area contributed by atoms with E-state index in [1.165, 1.54) is 16.8 Å². The molecule has 1 aromatic heterocycles. The Morgan fingerprint density at radius 3 is 2.34 bits per heavy atom. The van der Waals surface area contributed by atoms with Crippen molar-refractivity contribution in [1.29, 1.82) is 0 Å². The van der Waals surface area contributed by atoms with Gasteiger partial charge in [0.05, 0.1) is 0 Å². The highest BCUT2D eigenvalue weighted by Gasteiger charge is 2.33. The number of benzene rings is 1. The van der Waals surface area contributed by atoms with E-state index in [1.54, 1.807) is 22.4 Å². The van der Waals surface area contributed by atoms with Gasteiger partial charge in [-0.3, -0.25) is 4.79 Å². The molecule has 0 aliphatic carbocycles. The quantitative estimate of drug-likeness (QED) is 0.757. The van der Waals surface area contributed by atoms with E-state index < -0.39 is 16.1 Å². The molecule has 3 rings (SSSR count). The molecule has 6 nitrogen and oxygen atoms in total. The first-order valence-corrected chi connectivity index (χ1v) is 12.2. The van der Waals surface area contributed by atoms with Gasteiger partial charge in [0.25, 0.3) is 10.0 Å². The monoisotopic (exact) mass is 435 g/mol. The number of hydrogen-bond acceptors (Lipinski definition) is 5. The maximum atomic E-state index is 13.1. The summed E-state index contributed by atoms with van der Waals surface area (Å²) < 4.78 is 28.1. The number of thiophene rings is 1. The number of nitrogens with one attached hydrogen (secondary N) is 1. The van der Waals surface area contributed by atoms with Crippen LogP contribution in [0.2, 0.25) is 0 Å². The molecule has 29 heavy (non-hydrogen) atoms. The van der Waals surface area contributed by atoms with Crippen molar-refractivity contribution >= 4 is 33.0 Å². The Bertz CT molecular complexity index is 948. The van der Waals surface area contributed by atoms with Crippen molar-refractivity contribution in [2.75, 3.05) is 31.1 Å². The second-order valence-electron chi connectivity index (χ2n) is 7.81. The number of anilines is 1. The molecule has 1 saturated heterocycles. The third kappa shape index (κ3) is 4.82. The van der Waals surface area contributed by atoms with Crippen LogP contribution < -0.4 is 9.62 Å². The van der Waals surface area contributed by atoms with E-state index in [4.69, 9.17) is 0 Å². The summed E-state index contributed by atoms with van der Waals surface area (Å²) in [6.07, 6.45) is 0. The SMILES string of the molecule is Cc1cccc(N2CCN(C(=O)C(NS(=O)(=O)c3cccs3)C(C)C)CC2)c1C. The second kappa shape index (κ2) is 8.85. The van der Waals surface area contributed by atoms with Crippen LogP contribution in [-0.4, -0.2) is 51.4 Å². The molecule has 0 spiro atoms. The number of amides is 1. The van der Waals surface area contributed by atoms with Gasteiger partial charge in [0.2, 0.25) is 5.91 Å². The molecule has 2 aromatic rings. The van der Waals surface area contributed by atoms with Crippen molar-refractivity contribution in [3.8, 4) is 0 Å². The molecule has 8 heteroatoms. The topological polar surface area (TPSA) is 69.7 Å². The van der Waals surface area contributed by atoms with Crippen molar-refractivity contribution in [3.05, 3.63) is 46.8 Å². The van der Waals surface area contributed by atoms with Crippen LogP contribution in [0.1, 0.15) is 25.0 Å². The number of carbonyl (C=O) groups excluding carboxylic acids is 1. The first-order chi connectivity index (χ1) is 13.7. The average Bonchev–Trinajstić information content (AvgIpc) is 3.24. The molecule has 0 saturated carbocycles. The first kappa shape index (κ1) is 21.8. The highest BCUT2D eigenvalue weighted by Crippen LogP contribution is 2.24. The van der Waals surface area contributed by atoms with Crippen LogP contribution in [0.25, 0.3) is 0 Å². The maximum Gasteiger partial charge on any atom is 0.250 e. The summed E-state index contributed by atoms with van der Waals surface area (Å²) in [5.41, 5.74) is 3.72. The van der Waals surface area contributed by atoms with Gasteiger partial charge in [0.1, 0.15) is 10.3 Å². The molecule has 2 heterocycles. The lowest BCUT2D eigenvalue weighted by molar-refractivity contribution is -0.134. The highest BCUT2D eigenvalue weighted by molar-refractivity contribution is 7.91. The molecule has 1 N–H and O–H groups in total. The zero-order chi connectivity index (χ0) is 21.2. The molecule has 1 atom stereocenters. The minimum atomic E-state index is -3.70. The average molecular weight is 436 g/mol. The van der Waals surface area contributed by atoms with Gasteiger partial charge in [-0.1, -0.05) is 32.0 Å². The lowest BCUT2D eigenvalue weighted by Crippen LogP contribution is -2.56. The molecular weight excluding hydrogens is 406 g/mol. The van der Waals surface area contributed by atoms with Crippen molar-refractivity contribution in [1.82, 2.24) is 9.62 Å². The van der Waals surface area contributed by atoms with Crippen molar-refractivity contribution in [2.45, 2.75) is 37.9 Å². The number of piperazine rings is 1. The third-order valence-electron chi connectivity index (χ3n) is 5.48. The summed E-state index contributed by atoms with van der Waals surface area (Å²) >= 11 is 1.15. The van der Waals surface area contributed by atoms with Gasteiger partial charge < -0.3 is 9.80 Å². The number of hydrogen-bond donors (Lipinski definition) is 1. The van der Waals surface area contributed by atoms with Gasteiger partial charge >= 0.3 is 0 Å². The lowest BCUT2D eigenvalue weighted by Gasteiger charge is -2.39. The number of aryl methyl sites for hydroxylation is 1. The van der Waals surface area contributed by atoms with Gasteiger partial charge in [0, 0.05) is 31.9 Å². The van der Waals surface area contributed by atoms with E-state index >= 15 is 0 Å². The van der Waals surface area contributed by atoms with E-state index in [9.17, 15) is 13.2 Å². The van der Waals surface area contributed by atoms with Crippen LogP contribution in [0.4, 0.5) is 5.69 Å². The smallest absolute Gasteiger partial charge is 0.250 e. The van der Waals surface area contributed by atoms with E-state index in [0.717, 1.165) is 24.4 Å². The van der Waals surface area contributed by atoms with Gasteiger partial charge in [-0.15, -0.1) is 11.3 Å². The number of rotatable bonds is 6. The Labute approximate surface area is 177 Å². The fourth-order valence-electron chi connectivity index (χ4n) is 3.56. The molecule has 158 valence electrons. The highest BCUT2D eigenvalue weighted by atomic mass is 32.2. The molecule has 1 unspecified atom stereocenters. The van der Waals surface area contributed by atoms with Crippen molar-refractivity contribution in [3.63, 3.8) is 0 Å². The predicted octanol–water partition coefficient (Wildman–Crippen LogP) is 3.02. The zero-order valence-electron chi connectivity index (χ0n) is 17.4. The summed E-state index contributed by atoms with van der Waals surface area (Å²) in [4.78, 5) is 17.2. The molecule has 1 aliphatic heterocycles. The van der Waals surface area contributed by atoms with Gasteiger partial charge in [-0.05, 0) is 48.4 Å². The molecule has 1 aliphatic rings. The number of nitrogens with zero attached hydrogens (tertiary/aromatic N) is 2. The molecule has 1 aromatic carbocycles. The molecular formula is C21H29N3O3S2. The van der Waals surface area contributed by atoms with E-state index in [2.05, 4.69) is 41.7 Å². The Morgan fingerprint density at radius 2 is 1.76 bits per heavy atom. The summed E-state index contributed by atoms with van der Waals surface area (Å²) in [6.45, 7) is 10.6. The van der Waals surface area contributed by atoms with Crippen LogP contribution in [-0.2, 0) is 14.8 Å². The zero-order valence-corrected chi connectivity index (χ0v) is 19.0. The Balaban J connectivity index is 1.68. The minimum Gasteiger partial charge on any atom is -0.368 e. The Kier molecular flexibility index (Phi) is 6.65. The summed E-state index contributed by atoms with van der Waals surface area (Å²) in [7, 11) is -3.70. The molecule has 1 fully saturated rings. The molecule has 1 amide bonds. The fourth-order valence-corrected chi connectivity index (χ4v) is 5.90. The van der Waals surface area contributed by atoms with E-state index in [1.807, 2.05) is 13.8 Å². The largest absolute Gasteiger partial charge is 0.368 e. The van der Waals surface area contributed by atoms with Crippen molar-refractivity contribution < 1.29 is 13.2 Å². The Morgan fingerprint density at radius 1 is 1.07 bits per heavy atom. The maximum absolute atomic E-state index is 13.1. The van der Waals surface area contributed by atoms with Crippen LogP contribution in [0.5, 0.6) is 0 Å². The summed E-state index contributed by atoms with van der Waals surface area (Å²) in [5, 5.41) is 1.72. The van der Waals surface area contributed by atoms with Gasteiger partial charge in [-0.2, -0.15) is 4.72 Å². The normalized spacial score (nSPS) is 16.3. The third-order valence-corrected chi connectivity index (χ3v) is 8.32. The predicted molar refractivity (Wildman–Crippen MR) is 118 cm³/mol. The second-order valence-corrected chi connectivity index (χ2v) is 10.7. The van der Waals surface area contributed by atoms with Gasteiger partial charge in [-0.25, -0.2) is 8.42 Å². The summed E-state index contributed by atoms with van der Waals surface area (Å²) in [6, 6.07) is 8.76. The van der Waals surface area contributed by atoms with Crippen LogP contribution in [0.15, 0.2) is 39.9 Å². The van der Waals surface area contributed by atoms with E-state index in [-0.39, 0.29) is 16.0 Å². The Hall–Kier alpha value is -1.90. The number of sulfonamides is 1. The van der Waals surface area contributed by atoms with Crippen molar-refractivity contribution in [2.24, 2.45) is 5.92 Å². The first-order valence-electron chi connectivity index (χ1n) is 9.86. The standard InChI is InChI=1S/C21H29N3O3S2/c1-15(2)20(22-29(26,27)19-9-6-14-28-19)21(25)24-12-10-23(11-13-24)18-8-5-7-16(3)17(18)4/h5-9,14-15,20,22H,10-13H2,1-4H3. The lowest BCUT2D eigenvalue weighted by atomic mass is 10.0. The molecule has 0 radical (unpaired) electrons. The van der Waals surface area contributed by atoms with Gasteiger partial charge in [0.15, 0.2) is 0 Å². The van der Waals surface area contributed by atoms with Crippen LogP contribution in [0, 0.1) is 19.8 Å². The van der Waals surface area contributed by atoms with E-state index in [0.29, 0.717) is 13.1 Å². The fraction of sp³-hybridized carbons (Fsp3) is 0.476. The summed E-state index contributed by atoms with van der Waals surface area (Å²) in [5.74, 6) is -0.296. The van der Waals surface area contributed by atoms with Crippen LogP contribution >= 0.6 is 11.3 Å².